The van der Waals surface area contributed by atoms with Crippen molar-refractivity contribution in [1.82, 2.24) is 4.98 Å². The van der Waals surface area contributed by atoms with Gasteiger partial charge in [0, 0.05) is 23.1 Å². The van der Waals surface area contributed by atoms with Crippen molar-refractivity contribution in [3.8, 4) is 0 Å². The molecule has 78 valence electrons. The van der Waals surface area contributed by atoms with Crippen molar-refractivity contribution in [1.29, 1.82) is 0 Å². The molecule has 0 N–H and O–H groups in total. The molecule has 0 amide bonds. The minimum Gasteiger partial charge on any atom is -0.261 e. The van der Waals surface area contributed by atoms with Crippen molar-refractivity contribution >= 4 is 15.9 Å². The zero-order valence-corrected chi connectivity index (χ0v) is 10.7. The highest BCUT2D eigenvalue weighted by molar-refractivity contribution is 9.09. The maximum atomic E-state index is 4.40. The molecule has 0 aromatic carbocycles. The molecule has 0 aliphatic rings. The van der Waals surface area contributed by atoms with Gasteiger partial charge >= 0.3 is 0 Å². The summed E-state index contributed by atoms with van der Waals surface area (Å²) in [7, 11) is 0. The third-order valence-electron chi connectivity index (χ3n) is 2.26. The highest BCUT2D eigenvalue weighted by Crippen LogP contribution is 2.18. The number of hydrogen-bond acceptors (Lipinski definition) is 1. The van der Waals surface area contributed by atoms with Crippen molar-refractivity contribution in [2.24, 2.45) is 5.92 Å². The molecule has 1 unspecified atom stereocenters. The Morgan fingerprint density at radius 1 is 1.43 bits per heavy atom. The molecule has 1 rings (SSSR count). The van der Waals surface area contributed by atoms with Gasteiger partial charge in [-0.2, -0.15) is 0 Å². The molecule has 0 bridgehead atoms. The minimum absolute atomic E-state index is 0.552. The fraction of sp³-hybridized carbons (Fsp3) is 0.583. The normalized spacial score (nSPS) is 13.2. The lowest BCUT2D eigenvalue weighted by Crippen LogP contribution is -2.08. The fourth-order valence-electron chi connectivity index (χ4n) is 1.54. The van der Waals surface area contributed by atoms with Crippen LogP contribution in [0.1, 0.15) is 31.5 Å². The molecule has 14 heavy (non-hydrogen) atoms. The van der Waals surface area contributed by atoms with Gasteiger partial charge in [-0.3, -0.25) is 4.98 Å². The van der Waals surface area contributed by atoms with E-state index in [9.17, 15) is 0 Å². The second-order valence-corrected chi connectivity index (χ2v) is 5.49. The van der Waals surface area contributed by atoms with Crippen LogP contribution >= 0.6 is 15.9 Å². The summed E-state index contributed by atoms with van der Waals surface area (Å²) in [6.07, 6.45) is 4.11. The molecule has 0 saturated heterocycles. The number of aryl methyl sites for hydroxylation is 1. The Morgan fingerprint density at radius 3 is 2.71 bits per heavy atom. The van der Waals surface area contributed by atoms with Crippen LogP contribution in [0.2, 0.25) is 0 Å². The van der Waals surface area contributed by atoms with Gasteiger partial charge in [-0.1, -0.05) is 35.8 Å². The first-order valence-corrected chi connectivity index (χ1v) is 6.05. The van der Waals surface area contributed by atoms with Gasteiger partial charge in [0.2, 0.25) is 0 Å². The van der Waals surface area contributed by atoms with Crippen LogP contribution in [0.5, 0.6) is 0 Å². The zero-order valence-electron chi connectivity index (χ0n) is 9.13. The molecular weight excluding hydrogens is 238 g/mol. The first-order valence-electron chi connectivity index (χ1n) is 5.14. The number of aromatic nitrogens is 1. The van der Waals surface area contributed by atoms with Crippen LogP contribution in [-0.4, -0.2) is 9.81 Å². The van der Waals surface area contributed by atoms with Crippen LogP contribution in [0, 0.1) is 12.8 Å². The molecule has 0 saturated carbocycles. The number of nitrogens with zero attached hydrogens (tertiary/aromatic N) is 1. The number of alkyl halides is 1. The second kappa shape index (κ2) is 5.50. The molecule has 0 fully saturated rings. The SMILES string of the molecule is Cc1cccnc1CC(Br)CC(C)C. The Balaban J connectivity index is 2.56. The second-order valence-electron chi connectivity index (χ2n) is 4.20. The molecule has 1 aromatic rings. The zero-order chi connectivity index (χ0) is 10.6. The number of halogens is 1. The molecule has 0 aliphatic carbocycles. The lowest BCUT2D eigenvalue weighted by molar-refractivity contribution is 0.568. The van der Waals surface area contributed by atoms with E-state index in [1.165, 1.54) is 17.7 Å². The molecule has 0 spiro atoms. The number of rotatable bonds is 4. The van der Waals surface area contributed by atoms with Gasteiger partial charge in [0.25, 0.3) is 0 Å². The molecular formula is C12H18BrN. The average molecular weight is 256 g/mol. The van der Waals surface area contributed by atoms with Crippen LogP contribution in [0.15, 0.2) is 18.3 Å². The summed E-state index contributed by atoms with van der Waals surface area (Å²) in [5, 5.41) is 0. The molecule has 1 aromatic heterocycles. The fourth-order valence-corrected chi connectivity index (χ4v) is 2.59. The van der Waals surface area contributed by atoms with E-state index in [0.717, 1.165) is 12.3 Å². The van der Waals surface area contributed by atoms with Gasteiger partial charge in [-0.25, -0.2) is 0 Å². The lowest BCUT2D eigenvalue weighted by atomic mass is 10.0. The van der Waals surface area contributed by atoms with Crippen molar-refractivity contribution in [2.75, 3.05) is 0 Å². The van der Waals surface area contributed by atoms with Crippen LogP contribution < -0.4 is 0 Å². The summed E-state index contributed by atoms with van der Waals surface area (Å²) in [5.74, 6) is 0.739. The van der Waals surface area contributed by atoms with E-state index >= 15 is 0 Å². The summed E-state index contributed by atoms with van der Waals surface area (Å²) in [4.78, 5) is 4.95. The molecule has 2 heteroatoms. The first-order chi connectivity index (χ1) is 6.59. The monoisotopic (exact) mass is 255 g/mol. The summed E-state index contributed by atoms with van der Waals surface area (Å²) >= 11 is 3.71. The molecule has 1 atom stereocenters. The maximum absolute atomic E-state index is 4.40. The van der Waals surface area contributed by atoms with Gasteiger partial charge in [0.05, 0.1) is 0 Å². The topological polar surface area (TPSA) is 12.9 Å². The summed E-state index contributed by atoms with van der Waals surface area (Å²) in [6.45, 7) is 6.62. The van der Waals surface area contributed by atoms with Crippen LogP contribution in [0.4, 0.5) is 0 Å². The molecule has 0 aliphatic heterocycles. The van der Waals surface area contributed by atoms with Crippen molar-refractivity contribution in [3.63, 3.8) is 0 Å². The summed E-state index contributed by atoms with van der Waals surface area (Å²) < 4.78 is 0. The van der Waals surface area contributed by atoms with E-state index in [-0.39, 0.29) is 0 Å². The van der Waals surface area contributed by atoms with Crippen LogP contribution in [0.25, 0.3) is 0 Å². The number of pyridine rings is 1. The Bertz CT molecular complexity index is 283. The van der Waals surface area contributed by atoms with Crippen molar-refractivity contribution in [3.05, 3.63) is 29.6 Å². The van der Waals surface area contributed by atoms with E-state index < -0.39 is 0 Å². The summed E-state index contributed by atoms with van der Waals surface area (Å²) in [5.41, 5.74) is 2.51. The largest absolute Gasteiger partial charge is 0.261 e. The van der Waals surface area contributed by atoms with Crippen molar-refractivity contribution in [2.45, 2.75) is 38.4 Å². The maximum Gasteiger partial charge on any atom is 0.0443 e. The van der Waals surface area contributed by atoms with Gasteiger partial charge in [0.1, 0.15) is 0 Å². The number of hydrogen-bond donors (Lipinski definition) is 0. The third kappa shape index (κ3) is 3.79. The smallest absolute Gasteiger partial charge is 0.0443 e. The highest BCUT2D eigenvalue weighted by atomic mass is 79.9. The van der Waals surface area contributed by atoms with E-state index in [4.69, 9.17) is 0 Å². The van der Waals surface area contributed by atoms with Gasteiger partial charge in [-0.05, 0) is 30.9 Å². The molecule has 1 nitrogen and oxygen atoms in total. The van der Waals surface area contributed by atoms with Crippen molar-refractivity contribution < 1.29 is 0 Å². The quantitative estimate of drug-likeness (QED) is 0.748. The van der Waals surface area contributed by atoms with Crippen LogP contribution in [0.3, 0.4) is 0 Å². The standard InChI is InChI=1S/C12H18BrN/c1-9(2)7-11(13)8-12-10(3)5-4-6-14-12/h4-6,9,11H,7-8H2,1-3H3. The predicted octanol–water partition coefficient (Wildman–Crippen LogP) is 3.74. The highest BCUT2D eigenvalue weighted by Gasteiger charge is 2.09. The Kier molecular flexibility index (Phi) is 4.59. The predicted molar refractivity (Wildman–Crippen MR) is 64.8 cm³/mol. The lowest BCUT2D eigenvalue weighted by Gasteiger charge is -2.12. The minimum atomic E-state index is 0.552. The van der Waals surface area contributed by atoms with E-state index in [1.54, 1.807) is 0 Å². The molecule has 1 heterocycles. The Morgan fingerprint density at radius 2 is 2.14 bits per heavy atom. The average Bonchev–Trinajstić information content (AvgIpc) is 2.07. The van der Waals surface area contributed by atoms with Gasteiger partial charge in [-0.15, -0.1) is 0 Å². The van der Waals surface area contributed by atoms with E-state index in [2.05, 4.69) is 47.8 Å². The van der Waals surface area contributed by atoms with Crippen LogP contribution in [-0.2, 0) is 6.42 Å². The van der Waals surface area contributed by atoms with E-state index in [0.29, 0.717) is 4.83 Å². The Hall–Kier alpha value is -0.370. The first kappa shape index (κ1) is 11.7. The van der Waals surface area contributed by atoms with E-state index in [1.807, 2.05) is 12.3 Å². The Labute approximate surface area is 95.1 Å². The third-order valence-corrected chi connectivity index (χ3v) is 2.96. The molecule has 0 radical (unpaired) electrons. The van der Waals surface area contributed by atoms with Gasteiger partial charge < -0.3 is 0 Å². The summed E-state index contributed by atoms with van der Waals surface area (Å²) in [6, 6.07) is 4.11. The van der Waals surface area contributed by atoms with Gasteiger partial charge in [0.15, 0.2) is 0 Å².